The molecule has 0 atom stereocenters. The lowest BCUT2D eigenvalue weighted by Gasteiger charge is -2.08. The fourth-order valence-electron chi connectivity index (χ4n) is 2.66. The number of halogens is 1. The summed E-state index contributed by atoms with van der Waals surface area (Å²) in [6.07, 6.45) is 8.75. The molecule has 2 aromatic carbocycles. The van der Waals surface area contributed by atoms with E-state index in [0.29, 0.717) is 0 Å². The van der Waals surface area contributed by atoms with Crippen molar-refractivity contribution in [1.29, 1.82) is 0 Å². The van der Waals surface area contributed by atoms with Crippen molar-refractivity contribution in [1.82, 2.24) is 29.6 Å². The molecular formula is C19H19ClN6. The van der Waals surface area contributed by atoms with Crippen LogP contribution >= 0.6 is 12.4 Å². The van der Waals surface area contributed by atoms with Gasteiger partial charge in [0.2, 0.25) is 0 Å². The van der Waals surface area contributed by atoms with E-state index in [1.165, 1.54) is 17.5 Å². The number of nitrogens with one attached hydrogen (secondary N) is 1. The topological polar surface area (TPSA) is 60.6 Å². The fourth-order valence-corrected chi connectivity index (χ4v) is 2.66. The summed E-state index contributed by atoms with van der Waals surface area (Å²) in [4.78, 5) is 8.03. The Labute approximate surface area is 158 Å². The first-order valence-corrected chi connectivity index (χ1v) is 8.10. The fraction of sp³-hybridized carbons (Fsp3) is 0.105. The van der Waals surface area contributed by atoms with Crippen molar-refractivity contribution in [2.24, 2.45) is 0 Å². The SMILES string of the molecule is Cl.c1cn(-c2ccc(CNCc3ccc(-n4cncn4)cc3)cc2)cn1. The van der Waals surface area contributed by atoms with Crippen LogP contribution in [0.5, 0.6) is 0 Å². The van der Waals surface area contributed by atoms with E-state index in [2.05, 4.69) is 56.8 Å². The summed E-state index contributed by atoms with van der Waals surface area (Å²) in [6.45, 7) is 1.65. The Balaban J connectivity index is 0.00000196. The van der Waals surface area contributed by atoms with E-state index in [9.17, 15) is 0 Å². The van der Waals surface area contributed by atoms with Gasteiger partial charge in [0.15, 0.2) is 0 Å². The zero-order chi connectivity index (χ0) is 16.9. The number of hydrogen-bond donors (Lipinski definition) is 1. The first kappa shape index (κ1) is 17.8. The predicted molar refractivity (Wildman–Crippen MR) is 103 cm³/mol. The van der Waals surface area contributed by atoms with Gasteiger partial charge in [-0.3, -0.25) is 0 Å². The molecule has 26 heavy (non-hydrogen) atoms. The van der Waals surface area contributed by atoms with Crippen molar-refractivity contribution < 1.29 is 0 Å². The molecule has 0 saturated heterocycles. The lowest BCUT2D eigenvalue weighted by Crippen LogP contribution is -2.12. The molecule has 2 heterocycles. The van der Waals surface area contributed by atoms with Crippen molar-refractivity contribution >= 4 is 12.4 Å². The molecule has 1 N–H and O–H groups in total. The van der Waals surface area contributed by atoms with E-state index >= 15 is 0 Å². The van der Waals surface area contributed by atoms with E-state index in [1.807, 2.05) is 22.9 Å². The molecule has 4 aromatic rings. The minimum atomic E-state index is 0. The number of aromatic nitrogens is 5. The number of rotatable bonds is 6. The van der Waals surface area contributed by atoms with E-state index in [1.54, 1.807) is 23.5 Å². The van der Waals surface area contributed by atoms with Gasteiger partial charge in [-0.15, -0.1) is 12.4 Å². The van der Waals surface area contributed by atoms with Crippen LogP contribution in [-0.2, 0) is 13.1 Å². The summed E-state index contributed by atoms with van der Waals surface area (Å²) in [5.74, 6) is 0. The molecule has 0 amide bonds. The van der Waals surface area contributed by atoms with Gasteiger partial charge in [-0.1, -0.05) is 24.3 Å². The highest BCUT2D eigenvalue weighted by atomic mass is 35.5. The number of nitrogens with zero attached hydrogens (tertiary/aromatic N) is 5. The second-order valence-electron chi connectivity index (χ2n) is 5.75. The van der Waals surface area contributed by atoms with Crippen molar-refractivity contribution in [3.8, 4) is 11.4 Å². The van der Waals surface area contributed by atoms with Crippen molar-refractivity contribution in [2.45, 2.75) is 13.1 Å². The smallest absolute Gasteiger partial charge is 0.138 e. The van der Waals surface area contributed by atoms with Gasteiger partial charge in [-0.05, 0) is 35.4 Å². The maximum atomic E-state index is 4.13. The third kappa shape index (κ3) is 4.17. The summed E-state index contributed by atoms with van der Waals surface area (Å²) in [7, 11) is 0. The summed E-state index contributed by atoms with van der Waals surface area (Å²) in [6, 6.07) is 16.8. The van der Waals surface area contributed by atoms with Crippen molar-refractivity contribution in [2.75, 3.05) is 0 Å². The second kappa shape index (κ2) is 8.42. The average Bonchev–Trinajstić information content (AvgIpc) is 3.37. The first-order valence-electron chi connectivity index (χ1n) is 8.10. The lowest BCUT2D eigenvalue weighted by molar-refractivity contribution is 0.693. The Morgan fingerprint density at radius 1 is 0.769 bits per heavy atom. The Bertz CT molecular complexity index is 822. The third-order valence-corrected chi connectivity index (χ3v) is 4.02. The van der Waals surface area contributed by atoms with Crippen LogP contribution in [0.3, 0.4) is 0 Å². The van der Waals surface area contributed by atoms with Crippen molar-refractivity contribution in [3.63, 3.8) is 0 Å². The van der Waals surface area contributed by atoms with Crippen LogP contribution in [0.2, 0.25) is 0 Å². The average molecular weight is 367 g/mol. The summed E-state index contributed by atoms with van der Waals surface area (Å²) < 4.78 is 3.74. The first-order chi connectivity index (χ1) is 12.4. The Kier molecular flexibility index (Phi) is 5.78. The molecule has 4 rings (SSSR count). The van der Waals surface area contributed by atoms with Crippen molar-refractivity contribution in [3.05, 3.63) is 91.0 Å². The Hall–Kier alpha value is -2.96. The normalized spacial score (nSPS) is 10.5. The lowest BCUT2D eigenvalue weighted by atomic mass is 10.2. The largest absolute Gasteiger partial charge is 0.309 e. The van der Waals surface area contributed by atoms with Crippen LogP contribution in [0.4, 0.5) is 0 Å². The van der Waals surface area contributed by atoms with Gasteiger partial charge in [-0.2, -0.15) is 5.10 Å². The van der Waals surface area contributed by atoms with E-state index in [-0.39, 0.29) is 12.4 Å². The molecule has 0 radical (unpaired) electrons. The van der Waals surface area contributed by atoms with Crippen LogP contribution in [0.25, 0.3) is 11.4 Å². The minimum Gasteiger partial charge on any atom is -0.309 e. The van der Waals surface area contributed by atoms with E-state index < -0.39 is 0 Å². The highest BCUT2D eigenvalue weighted by molar-refractivity contribution is 5.85. The summed E-state index contributed by atoms with van der Waals surface area (Å²) in [5.41, 5.74) is 4.61. The molecule has 0 spiro atoms. The molecule has 132 valence electrons. The Morgan fingerprint density at radius 3 is 1.96 bits per heavy atom. The monoisotopic (exact) mass is 366 g/mol. The predicted octanol–water partition coefficient (Wildman–Crippen LogP) is 3.16. The van der Waals surface area contributed by atoms with Gasteiger partial charge in [0, 0.05) is 31.2 Å². The molecule has 2 aromatic heterocycles. The molecule has 0 aliphatic carbocycles. The molecule has 0 unspecified atom stereocenters. The van der Waals surface area contributed by atoms with Gasteiger partial charge in [0.05, 0.1) is 12.0 Å². The highest BCUT2D eigenvalue weighted by Crippen LogP contribution is 2.10. The van der Waals surface area contributed by atoms with Gasteiger partial charge >= 0.3 is 0 Å². The summed E-state index contributed by atoms with van der Waals surface area (Å²) in [5, 5.41) is 7.60. The van der Waals surface area contributed by atoms with Crippen LogP contribution in [0.1, 0.15) is 11.1 Å². The maximum absolute atomic E-state index is 4.13. The second-order valence-corrected chi connectivity index (χ2v) is 5.75. The molecule has 0 bridgehead atoms. The molecule has 6 nitrogen and oxygen atoms in total. The molecule has 0 aliphatic heterocycles. The van der Waals surface area contributed by atoms with E-state index in [0.717, 1.165) is 24.5 Å². The van der Waals surface area contributed by atoms with Gasteiger partial charge in [0.1, 0.15) is 12.7 Å². The van der Waals surface area contributed by atoms with Gasteiger partial charge in [-0.25, -0.2) is 14.6 Å². The third-order valence-electron chi connectivity index (χ3n) is 4.02. The van der Waals surface area contributed by atoms with Crippen LogP contribution in [-0.4, -0.2) is 24.3 Å². The summed E-state index contributed by atoms with van der Waals surface area (Å²) >= 11 is 0. The quantitative estimate of drug-likeness (QED) is 0.569. The maximum Gasteiger partial charge on any atom is 0.138 e. The zero-order valence-electron chi connectivity index (χ0n) is 14.1. The van der Waals surface area contributed by atoms with Gasteiger partial charge in [0.25, 0.3) is 0 Å². The number of hydrogen-bond acceptors (Lipinski definition) is 4. The van der Waals surface area contributed by atoms with Gasteiger partial charge < -0.3 is 9.88 Å². The Morgan fingerprint density at radius 2 is 1.42 bits per heavy atom. The molecular weight excluding hydrogens is 348 g/mol. The molecule has 7 heteroatoms. The zero-order valence-corrected chi connectivity index (χ0v) is 14.9. The van der Waals surface area contributed by atoms with Crippen LogP contribution < -0.4 is 5.32 Å². The molecule has 0 saturated carbocycles. The van der Waals surface area contributed by atoms with E-state index in [4.69, 9.17) is 0 Å². The van der Waals surface area contributed by atoms with Crippen LogP contribution in [0, 0.1) is 0 Å². The molecule has 0 fully saturated rings. The number of imidazole rings is 1. The van der Waals surface area contributed by atoms with Crippen LogP contribution in [0.15, 0.2) is 79.9 Å². The standard InChI is InChI=1S/C19H18N6.ClH/c1-5-18(24-10-9-20-14-24)6-2-16(1)11-21-12-17-3-7-19(8-4-17)25-15-22-13-23-25;/h1-10,13-15,21H,11-12H2;1H. The molecule has 0 aliphatic rings. The highest BCUT2D eigenvalue weighted by Gasteiger charge is 1.99. The number of benzene rings is 2. The minimum absolute atomic E-state index is 0.